The topological polar surface area (TPSA) is 12.0 Å². The average Bonchev–Trinajstić information content (AvgIpc) is 2.39. The van der Waals surface area contributed by atoms with Crippen molar-refractivity contribution in [3.8, 4) is 0 Å². The second-order valence-electron chi connectivity index (χ2n) is 4.35. The Balaban J connectivity index is 1.89. The molecular formula is C15H15N. The van der Waals surface area contributed by atoms with Gasteiger partial charge in [-0.25, -0.2) is 0 Å². The van der Waals surface area contributed by atoms with E-state index >= 15 is 0 Å². The number of fused-ring (bicyclic) bond motifs is 1. The van der Waals surface area contributed by atoms with Crippen molar-refractivity contribution in [1.82, 2.24) is 0 Å². The number of rotatable bonds is 1. The van der Waals surface area contributed by atoms with Crippen LogP contribution >= 0.6 is 0 Å². The summed E-state index contributed by atoms with van der Waals surface area (Å²) in [4.78, 5) is 0. The largest absolute Gasteiger partial charge is 0.384 e. The van der Waals surface area contributed by atoms with Crippen molar-refractivity contribution in [1.29, 1.82) is 0 Å². The van der Waals surface area contributed by atoms with Gasteiger partial charge in [-0.3, -0.25) is 0 Å². The van der Waals surface area contributed by atoms with Gasteiger partial charge in [0.05, 0.1) is 0 Å². The third-order valence-electron chi connectivity index (χ3n) is 3.29. The van der Waals surface area contributed by atoms with Crippen molar-refractivity contribution in [3.05, 3.63) is 65.7 Å². The van der Waals surface area contributed by atoms with E-state index in [1.807, 2.05) is 0 Å². The molecule has 2 aromatic rings. The zero-order chi connectivity index (χ0) is 10.8. The van der Waals surface area contributed by atoms with Gasteiger partial charge in [0.1, 0.15) is 0 Å². The molecule has 0 saturated heterocycles. The van der Waals surface area contributed by atoms with Crippen LogP contribution in [0.15, 0.2) is 54.6 Å². The van der Waals surface area contributed by atoms with E-state index in [2.05, 4.69) is 59.9 Å². The summed E-state index contributed by atoms with van der Waals surface area (Å²) < 4.78 is 0. The van der Waals surface area contributed by atoms with Crippen molar-refractivity contribution in [2.75, 3.05) is 11.9 Å². The number of anilines is 1. The smallest absolute Gasteiger partial charge is 0.0373 e. The standard InChI is InChI=1S/C15H15N/c1-2-6-12(7-3-1)14-10-13-8-4-5-9-15(13)16-11-14/h1-9,14,16H,10-11H2/t14-/m0/s1. The molecule has 1 heteroatoms. The first-order valence-corrected chi connectivity index (χ1v) is 5.80. The van der Waals surface area contributed by atoms with Crippen LogP contribution in [0.4, 0.5) is 5.69 Å². The van der Waals surface area contributed by atoms with E-state index in [0.717, 1.165) is 13.0 Å². The lowest BCUT2D eigenvalue weighted by Gasteiger charge is -2.26. The summed E-state index contributed by atoms with van der Waals surface area (Å²) in [7, 11) is 0. The molecule has 80 valence electrons. The molecule has 2 aromatic carbocycles. The van der Waals surface area contributed by atoms with Crippen molar-refractivity contribution < 1.29 is 0 Å². The highest BCUT2D eigenvalue weighted by Gasteiger charge is 2.18. The molecule has 0 spiro atoms. The van der Waals surface area contributed by atoms with Gasteiger partial charge in [0, 0.05) is 18.2 Å². The minimum Gasteiger partial charge on any atom is -0.384 e. The maximum Gasteiger partial charge on any atom is 0.0373 e. The van der Waals surface area contributed by atoms with Crippen molar-refractivity contribution in [2.45, 2.75) is 12.3 Å². The summed E-state index contributed by atoms with van der Waals surface area (Å²) in [5.41, 5.74) is 4.17. The van der Waals surface area contributed by atoms with Gasteiger partial charge in [0.2, 0.25) is 0 Å². The number of hydrogen-bond acceptors (Lipinski definition) is 1. The van der Waals surface area contributed by atoms with E-state index in [1.54, 1.807) is 0 Å². The Morgan fingerprint density at radius 3 is 2.50 bits per heavy atom. The van der Waals surface area contributed by atoms with E-state index in [0.29, 0.717) is 5.92 Å². The molecule has 0 bridgehead atoms. The van der Waals surface area contributed by atoms with Crippen molar-refractivity contribution in [2.24, 2.45) is 0 Å². The molecular weight excluding hydrogens is 194 g/mol. The van der Waals surface area contributed by atoms with Crippen LogP contribution in [0.1, 0.15) is 17.0 Å². The summed E-state index contributed by atoms with van der Waals surface area (Å²) >= 11 is 0. The van der Waals surface area contributed by atoms with Crippen LogP contribution in [-0.4, -0.2) is 6.54 Å². The Kier molecular flexibility index (Phi) is 2.37. The molecule has 1 nitrogen and oxygen atoms in total. The lowest BCUT2D eigenvalue weighted by atomic mass is 9.88. The molecule has 3 rings (SSSR count). The fourth-order valence-electron chi connectivity index (χ4n) is 2.40. The number of para-hydroxylation sites is 1. The second kappa shape index (κ2) is 4.01. The molecule has 1 heterocycles. The lowest BCUT2D eigenvalue weighted by molar-refractivity contribution is 0.695. The van der Waals surface area contributed by atoms with Crippen LogP contribution in [0.2, 0.25) is 0 Å². The summed E-state index contributed by atoms with van der Waals surface area (Å²) in [5, 5.41) is 3.51. The van der Waals surface area contributed by atoms with Gasteiger partial charge in [0.25, 0.3) is 0 Å². The van der Waals surface area contributed by atoms with Gasteiger partial charge < -0.3 is 5.32 Å². The molecule has 0 fully saturated rings. The zero-order valence-corrected chi connectivity index (χ0v) is 9.19. The van der Waals surface area contributed by atoms with E-state index in [4.69, 9.17) is 0 Å². The molecule has 16 heavy (non-hydrogen) atoms. The highest BCUT2D eigenvalue weighted by Crippen LogP contribution is 2.29. The van der Waals surface area contributed by atoms with Crippen LogP contribution in [0, 0.1) is 0 Å². The Morgan fingerprint density at radius 1 is 0.875 bits per heavy atom. The monoisotopic (exact) mass is 209 g/mol. The van der Waals surface area contributed by atoms with E-state index in [-0.39, 0.29) is 0 Å². The van der Waals surface area contributed by atoms with Gasteiger partial charge in [-0.15, -0.1) is 0 Å². The minimum atomic E-state index is 0.607. The first kappa shape index (κ1) is 9.46. The first-order valence-electron chi connectivity index (χ1n) is 5.80. The van der Waals surface area contributed by atoms with E-state index in [9.17, 15) is 0 Å². The van der Waals surface area contributed by atoms with E-state index in [1.165, 1.54) is 16.8 Å². The molecule has 0 amide bonds. The first-order chi connectivity index (χ1) is 7.93. The zero-order valence-electron chi connectivity index (χ0n) is 9.19. The summed E-state index contributed by atoms with van der Waals surface area (Å²) in [6.45, 7) is 1.04. The number of benzene rings is 2. The fourth-order valence-corrected chi connectivity index (χ4v) is 2.40. The SMILES string of the molecule is c1ccc([C@@H]2CNc3ccccc3C2)cc1. The Hall–Kier alpha value is -1.76. The van der Waals surface area contributed by atoms with Gasteiger partial charge in [0.15, 0.2) is 0 Å². The Bertz CT molecular complexity index is 476. The average molecular weight is 209 g/mol. The summed E-state index contributed by atoms with van der Waals surface area (Å²) in [6, 6.07) is 19.4. The predicted octanol–water partition coefficient (Wildman–Crippen LogP) is 3.44. The van der Waals surface area contributed by atoms with E-state index < -0.39 is 0 Å². The lowest BCUT2D eigenvalue weighted by Crippen LogP contribution is -2.21. The van der Waals surface area contributed by atoms with Gasteiger partial charge in [-0.1, -0.05) is 48.5 Å². The Morgan fingerprint density at radius 2 is 1.62 bits per heavy atom. The molecule has 0 saturated carbocycles. The maximum absolute atomic E-state index is 3.51. The third-order valence-corrected chi connectivity index (χ3v) is 3.29. The molecule has 0 aliphatic carbocycles. The van der Waals surface area contributed by atoms with Gasteiger partial charge >= 0.3 is 0 Å². The highest BCUT2D eigenvalue weighted by atomic mass is 14.9. The second-order valence-corrected chi connectivity index (χ2v) is 4.35. The van der Waals surface area contributed by atoms with Gasteiger partial charge in [-0.2, -0.15) is 0 Å². The summed E-state index contributed by atoms with van der Waals surface area (Å²) in [5.74, 6) is 0.607. The highest BCUT2D eigenvalue weighted by molar-refractivity contribution is 5.54. The van der Waals surface area contributed by atoms with Crippen LogP contribution in [0.25, 0.3) is 0 Å². The fraction of sp³-hybridized carbons (Fsp3) is 0.200. The minimum absolute atomic E-state index is 0.607. The summed E-state index contributed by atoms with van der Waals surface area (Å²) in [6.07, 6.45) is 1.15. The van der Waals surface area contributed by atoms with Crippen LogP contribution in [-0.2, 0) is 6.42 Å². The van der Waals surface area contributed by atoms with Crippen molar-refractivity contribution >= 4 is 5.69 Å². The molecule has 0 unspecified atom stereocenters. The van der Waals surface area contributed by atoms with Crippen LogP contribution < -0.4 is 5.32 Å². The van der Waals surface area contributed by atoms with Crippen LogP contribution in [0.5, 0.6) is 0 Å². The normalized spacial score (nSPS) is 18.6. The molecule has 0 radical (unpaired) electrons. The molecule has 1 N–H and O–H groups in total. The quantitative estimate of drug-likeness (QED) is 0.758. The third kappa shape index (κ3) is 1.69. The van der Waals surface area contributed by atoms with Crippen LogP contribution in [0.3, 0.4) is 0 Å². The molecule has 1 aliphatic heterocycles. The maximum atomic E-state index is 3.51. The number of nitrogens with one attached hydrogen (secondary N) is 1. The molecule has 0 aromatic heterocycles. The predicted molar refractivity (Wildman–Crippen MR) is 67.8 cm³/mol. The molecule has 1 aliphatic rings. The van der Waals surface area contributed by atoms with Crippen molar-refractivity contribution in [3.63, 3.8) is 0 Å². The van der Waals surface area contributed by atoms with Gasteiger partial charge in [-0.05, 0) is 23.6 Å². The molecule has 1 atom stereocenters. The number of hydrogen-bond donors (Lipinski definition) is 1. The Labute approximate surface area is 96.1 Å².